The predicted molar refractivity (Wildman–Crippen MR) is 72.1 cm³/mol. The Bertz CT molecular complexity index is 462. The van der Waals surface area contributed by atoms with Crippen molar-refractivity contribution in [1.29, 1.82) is 0 Å². The van der Waals surface area contributed by atoms with Crippen LogP contribution in [0.1, 0.15) is 35.1 Å². The minimum atomic E-state index is -2.26. The molecular weight excluding hydrogens is 268 g/mol. The molecule has 0 radical (unpaired) electrons. The summed E-state index contributed by atoms with van der Waals surface area (Å²) in [6.07, 6.45) is 0.359. The van der Waals surface area contributed by atoms with E-state index in [0.717, 1.165) is 30.7 Å². The van der Waals surface area contributed by atoms with Gasteiger partial charge in [0.15, 0.2) is 0 Å². The van der Waals surface area contributed by atoms with Crippen LogP contribution >= 0.6 is 11.3 Å². The highest BCUT2D eigenvalue weighted by molar-refractivity contribution is 7.12. The summed E-state index contributed by atoms with van der Waals surface area (Å²) in [6, 6.07) is 2.39. The van der Waals surface area contributed by atoms with E-state index in [4.69, 9.17) is 4.74 Å². The van der Waals surface area contributed by atoms with Crippen LogP contribution in [0.5, 0.6) is 0 Å². The van der Waals surface area contributed by atoms with Gasteiger partial charge in [-0.1, -0.05) is 0 Å². The fourth-order valence-corrected chi connectivity index (χ4v) is 4.65. The number of thiophene rings is 1. The molecule has 0 aromatic carbocycles. The maximum Gasteiger partial charge on any atom is 0.243 e. The molecule has 5 heteroatoms. The van der Waals surface area contributed by atoms with Crippen molar-refractivity contribution in [1.82, 2.24) is 5.32 Å². The average molecular weight is 287 g/mol. The lowest BCUT2D eigenvalue weighted by molar-refractivity contribution is -0.0848. The zero-order valence-electron chi connectivity index (χ0n) is 11.0. The number of alkyl halides is 2. The molecule has 2 aliphatic heterocycles. The molecule has 0 saturated carbocycles. The van der Waals surface area contributed by atoms with Crippen molar-refractivity contribution < 1.29 is 13.5 Å². The van der Waals surface area contributed by atoms with Crippen molar-refractivity contribution in [2.75, 3.05) is 13.2 Å². The second-order valence-corrected chi connectivity index (χ2v) is 6.70. The van der Waals surface area contributed by atoms with Crippen LogP contribution in [0.3, 0.4) is 0 Å². The third-order valence-corrected chi connectivity index (χ3v) is 5.42. The lowest BCUT2D eigenvalue weighted by Gasteiger charge is -2.42. The number of ether oxygens (including phenoxy) is 1. The minimum Gasteiger partial charge on any atom is -0.369 e. The van der Waals surface area contributed by atoms with Gasteiger partial charge in [0, 0.05) is 22.2 Å². The van der Waals surface area contributed by atoms with Crippen molar-refractivity contribution in [3.05, 3.63) is 21.4 Å². The summed E-state index contributed by atoms with van der Waals surface area (Å²) in [5.74, 6) is 0. The fraction of sp³-hybridized carbons (Fsp3) is 0.714. The van der Waals surface area contributed by atoms with Gasteiger partial charge in [-0.2, -0.15) is 0 Å². The van der Waals surface area contributed by atoms with Gasteiger partial charge in [-0.3, -0.25) is 0 Å². The molecule has 0 bridgehead atoms. The zero-order chi connectivity index (χ0) is 13.5. The standard InChI is InChI=1S/C14H19F2NOS/c1-9-8-14(3-4-17-9)13-10(2-5-18-14)6-11(19-13)7-12(15)16/h6,9,12,17H,2-5,7-8H2,1H3. The Labute approximate surface area is 116 Å². The number of halogens is 2. The third kappa shape index (κ3) is 2.56. The Morgan fingerprint density at radius 2 is 2.42 bits per heavy atom. The number of fused-ring (bicyclic) bond motifs is 2. The lowest BCUT2D eigenvalue weighted by atomic mass is 9.83. The molecule has 1 aromatic heterocycles. The molecule has 0 amide bonds. The summed E-state index contributed by atoms with van der Waals surface area (Å²) in [7, 11) is 0. The summed E-state index contributed by atoms with van der Waals surface area (Å²) >= 11 is 1.54. The molecule has 1 spiro atoms. The number of piperidine rings is 1. The van der Waals surface area contributed by atoms with Gasteiger partial charge in [-0.05, 0) is 44.4 Å². The highest BCUT2D eigenvalue weighted by atomic mass is 32.1. The maximum atomic E-state index is 12.5. The molecule has 2 unspecified atom stereocenters. The van der Waals surface area contributed by atoms with Gasteiger partial charge >= 0.3 is 0 Å². The van der Waals surface area contributed by atoms with Crippen LogP contribution < -0.4 is 5.32 Å². The number of hydrogen-bond donors (Lipinski definition) is 1. The van der Waals surface area contributed by atoms with E-state index in [1.807, 2.05) is 6.07 Å². The zero-order valence-corrected chi connectivity index (χ0v) is 11.9. The Morgan fingerprint density at radius 3 is 3.16 bits per heavy atom. The first kappa shape index (κ1) is 13.5. The molecule has 106 valence electrons. The summed E-state index contributed by atoms with van der Waals surface area (Å²) in [5.41, 5.74) is 1.02. The molecule has 1 saturated heterocycles. The first-order valence-corrected chi connectivity index (χ1v) is 7.68. The molecule has 1 N–H and O–H groups in total. The van der Waals surface area contributed by atoms with Gasteiger partial charge in [-0.25, -0.2) is 8.78 Å². The normalized spacial score (nSPS) is 30.8. The number of rotatable bonds is 2. The summed E-state index contributed by atoms with van der Waals surface area (Å²) < 4.78 is 31.2. The molecule has 3 heterocycles. The number of hydrogen-bond acceptors (Lipinski definition) is 3. The van der Waals surface area contributed by atoms with Crippen LogP contribution in [0.4, 0.5) is 8.78 Å². The van der Waals surface area contributed by atoms with E-state index in [2.05, 4.69) is 12.2 Å². The van der Waals surface area contributed by atoms with Gasteiger partial charge in [-0.15, -0.1) is 11.3 Å². The van der Waals surface area contributed by atoms with Crippen LogP contribution in [0.25, 0.3) is 0 Å². The van der Waals surface area contributed by atoms with Crippen molar-refractivity contribution in [3.63, 3.8) is 0 Å². The van der Waals surface area contributed by atoms with E-state index in [0.29, 0.717) is 12.6 Å². The van der Waals surface area contributed by atoms with Crippen LogP contribution in [-0.2, 0) is 23.2 Å². The molecule has 0 aliphatic carbocycles. The average Bonchev–Trinajstić information content (AvgIpc) is 2.72. The Hall–Kier alpha value is -0.520. The largest absolute Gasteiger partial charge is 0.369 e. The lowest BCUT2D eigenvalue weighted by Crippen LogP contribution is -2.48. The molecule has 1 fully saturated rings. The Morgan fingerprint density at radius 1 is 1.58 bits per heavy atom. The highest BCUT2D eigenvalue weighted by Crippen LogP contribution is 2.45. The van der Waals surface area contributed by atoms with E-state index in [-0.39, 0.29) is 12.0 Å². The first-order valence-electron chi connectivity index (χ1n) is 6.87. The van der Waals surface area contributed by atoms with E-state index < -0.39 is 6.43 Å². The fourth-order valence-electron chi connectivity index (χ4n) is 3.26. The summed E-state index contributed by atoms with van der Waals surface area (Å²) in [6.45, 7) is 3.81. The predicted octanol–water partition coefficient (Wildman–Crippen LogP) is 3.10. The molecule has 1 aromatic rings. The second-order valence-electron chi connectivity index (χ2n) is 5.56. The van der Waals surface area contributed by atoms with Gasteiger partial charge in [0.2, 0.25) is 6.43 Å². The quantitative estimate of drug-likeness (QED) is 0.902. The molecule has 3 rings (SSSR count). The van der Waals surface area contributed by atoms with Crippen LogP contribution in [0.15, 0.2) is 6.07 Å². The molecule has 19 heavy (non-hydrogen) atoms. The van der Waals surface area contributed by atoms with E-state index in [1.54, 1.807) is 0 Å². The Balaban J connectivity index is 1.92. The maximum absolute atomic E-state index is 12.5. The first-order chi connectivity index (χ1) is 9.09. The van der Waals surface area contributed by atoms with Crippen molar-refractivity contribution in [2.45, 2.75) is 50.7 Å². The van der Waals surface area contributed by atoms with Crippen LogP contribution in [-0.4, -0.2) is 25.6 Å². The number of nitrogens with one attached hydrogen (secondary N) is 1. The van der Waals surface area contributed by atoms with Crippen LogP contribution in [0, 0.1) is 0 Å². The van der Waals surface area contributed by atoms with Gasteiger partial charge in [0.1, 0.15) is 5.60 Å². The smallest absolute Gasteiger partial charge is 0.243 e. The topological polar surface area (TPSA) is 21.3 Å². The third-order valence-electron chi connectivity index (χ3n) is 4.04. The van der Waals surface area contributed by atoms with Crippen molar-refractivity contribution in [3.8, 4) is 0 Å². The van der Waals surface area contributed by atoms with Gasteiger partial charge in [0.05, 0.1) is 6.61 Å². The molecule has 2 atom stereocenters. The van der Waals surface area contributed by atoms with E-state index in [9.17, 15) is 8.78 Å². The monoisotopic (exact) mass is 287 g/mol. The van der Waals surface area contributed by atoms with Gasteiger partial charge < -0.3 is 10.1 Å². The molecule has 2 nitrogen and oxygen atoms in total. The Kier molecular flexibility index (Phi) is 3.62. The summed E-state index contributed by atoms with van der Waals surface area (Å²) in [4.78, 5) is 2.01. The molecular formula is C14H19F2NOS. The van der Waals surface area contributed by atoms with Crippen LogP contribution in [0.2, 0.25) is 0 Å². The SMILES string of the molecule is CC1CC2(CCN1)OCCc1cc(CC(F)F)sc12. The van der Waals surface area contributed by atoms with Crippen molar-refractivity contribution in [2.24, 2.45) is 0 Å². The minimum absolute atomic E-state index is 0.123. The highest BCUT2D eigenvalue weighted by Gasteiger charge is 2.42. The van der Waals surface area contributed by atoms with Crippen molar-refractivity contribution >= 4 is 11.3 Å². The molecule has 2 aliphatic rings. The van der Waals surface area contributed by atoms with Gasteiger partial charge in [0.25, 0.3) is 0 Å². The van der Waals surface area contributed by atoms with E-state index >= 15 is 0 Å². The van der Waals surface area contributed by atoms with E-state index in [1.165, 1.54) is 21.8 Å². The summed E-state index contributed by atoms with van der Waals surface area (Å²) in [5, 5.41) is 3.43. The second kappa shape index (κ2) is 5.11.